The van der Waals surface area contributed by atoms with Crippen molar-refractivity contribution in [1.82, 2.24) is 9.80 Å². The summed E-state index contributed by atoms with van der Waals surface area (Å²) in [6, 6.07) is 21.4. The number of hydrogen-bond acceptors (Lipinski definition) is 4. The lowest BCUT2D eigenvalue weighted by Crippen LogP contribution is -2.39. The van der Waals surface area contributed by atoms with Gasteiger partial charge in [0.15, 0.2) is 0 Å². The average molecular weight is 491 g/mol. The molecular weight excluding hydrogens is 455 g/mol. The zero-order valence-electron chi connectivity index (χ0n) is 21.2. The van der Waals surface area contributed by atoms with Gasteiger partial charge in [0.1, 0.15) is 17.3 Å². The number of likely N-dealkylation sites (tertiary alicyclic amines) is 1. The molecule has 4 rings (SSSR count). The lowest BCUT2D eigenvalue weighted by molar-refractivity contribution is 0.0703. The first kappa shape index (κ1) is 25.7. The van der Waals surface area contributed by atoms with Crippen LogP contribution in [-0.4, -0.2) is 54.1 Å². The molecule has 0 radical (unpaired) electrons. The summed E-state index contributed by atoms with van der Waals surface area (Å²) in [6.45, 7) is 7.66. The molecule has 3 aromatic rings. The van der Waals surface area contributed by atoms with Crippen molar-refractivity contribution in [2.45, 2.75) is 26.3 Å². The Bertz CT molecular complexity index is 1160. The van der Waals surface area contributed by atoms with Crippen LogP contribution in [-0.2, 0) is 6.54 Å². The number of para-hydroxylation sites is 1. The van der Waals surface area contributed by atoms with Crippen LogP contribution >= 0.6 is 0 Å². The number of aromatic hydroxyl groups is 1. The molecule has 3 aromatic carbocycles. The molecule has 0 aliphatic carbocycles. The van der Waals surface area contributed by atoms with E-state index in [1.165, 1.54) is 17.7 Å². The number of methoxy groups -OCH3 is 1. The van der Waals surface area contributed by atoms with Crippen molar-refractivity contribution in [2.24, 2.45) is 11.8 Å². The molecule has 5 nitrogen and oxygen atoms in total. The van der Waals surface area contributed by atoms with Crippen molar-refractivity contribution in [1.29, 1.82) is 0 Å². The van der Waals surface area contributed by atoms with Crippen molar-refractivity contribution in [3.05, 3.63) is 95.3 Å². The molecular formula is C30H35FN2O3. The van der Waals surface area contributed by atoms with Crippen LogP contribution in [0.2, 0.25) is 0 Å². The number of amides is 1. The highest BCUT2D eigenvalue weighted by molar-refractivity contribution is 5.94. The average Bonchev–Trinajstić information content (AvgIpc) is 3.27. The maximum Gasteiger partial charge on any atom is 0.253 e. The van der Waals surface area contributed by atoms with Crippen LogP contribution in [0.25, 0.3) is 0 Å². The lowest BCUT2D eigenvalue weighted by atomic mass is 9.88. The van der Waals surface area contributed by atoms with E-state index in [2.05, 4.69) is 30.9 Å². The summed E-state index contributed by atoms with van der Waals surface area (Å²) in [6.07, 6.45) is 0. The molecule has 6 heteroatoms. The van der Waals surface area contributed by atoms with Crippen molar-refractivity contribution in [3.63, 3.8) is 0 Å². The Morgan fingerprint density at radius 3 is 2.53 bits per heavy atom. The minimum Gasteiger partial charge on any atom is -0.508 e. The summed E-state index contributed by atoms with van der Waals surface area (Å²) in [5.74, 6) is 1.36. The molecule has 1 heterocycles. The molecule has 1 aliphatic heterocycles. The second-order valence-corrected chi connectivity index (χ2v) is 10.1. The SMILES string of the molecule is COc1cccc([C@@H]2CN(Cc3ccccc3O)C[C@H]2CN(CC(C)C)C(=O)c2ccc(F)cc2)c1. The number of ether oxygens (including phenoxy) is 1. The van der Waals surface area contributed by atoms with Crippen LogP contribution in [0.3, 0.4) is 0 Å². The maximum absolute atomic E-state index is 13.5. The summed E-state index contributed by atoms with van der Waals surface area (Å²) < 4.78 is 19.0. The van der Waals surface area contributed by atoms with Crippen molar-refractivity contribution in [3.8, 4) is 11.5 Å². The molecule has 0 saturated carbocycles. The molecule has 0 spiro atoms. The number of phenols is 1. The molecule has 1 amide bonds. The van der Waals surface area contributed by atoms with Gasteiger partial charge in [-0.1, -0.05) is 44.2 Å². The highest BCUT2D eigenvalue weighted by atomic mass is 19.1. The van der Waals surface area contributed by atoms with Gasteiger partial charge >= 0.3 is 0 Å². The zero-order chi connectivity index (χ0) is 25.7. The Hall–Kier alpha value is -3.38. The minimum absolute atomic E-state index is 0.0766. The van der Waals surface area contributed by atoms with Crippen molar-refractivity contribution >= 4 is 5.91 Å². The van der Waals surface area contributed by atoms with E-state index in [1.54, 1.807) is 25.3 Å². The van der Waals surface area contributed by atoms with Crippen LogP contribution in [0.15, 0.2) is 72.8 Å². The van der Waals surface area contributed by atoms with E-state index >= 15 is 0 Å². The number of hydrogen-bond donors (Lipinski definition) is 1. The first-order chi connectivity index (χ1) is 17.3. The van der Waals surface area contributed by atoms with Gasteiger partial charge in [-0.3, -0.25) is 9.69 Å². The first-order valence-electron chi connectivity index (χ1n) is 12.5. The highest BCUT2D eigenvalue weighted by Gasteiger charge is 2.36. The summed E-state index contributed by atoms with van der Waals surface area (Å²) >= 11 is 0. The largest absolute Gasteiger partial charge is 0.508 e. The van der Waals surface area contributed by atoms with Gasteiger partial charge in [-0.25, -0.2) is 4.39 Å². The van der Waals surface area contributed by atoms with E-state index in [9.17, 15) is 14.3 Å². The van der Waals surface area contributed by atoms with Crippen LogP contribution in [0.1, 0.15) is 41.3 Å². The highest BCUT2D eigenvalue weighted by Crippen LogP contribution is 2.36. The van der Waals surface area contributed by atoms with E-state index in [1.807, 2.05) is 35.2 Å². The zero-order valence-corrected chi connectivity index (χ0v) is 21.2. The predicted octanol–water partition coefficient (Wildman–Crippen LogP) is 5.55. The molecule has 1 saturated heterocycles. The van der Waals surface area contributed by atoms with E-state index in [-0.39, 0.29) is 23.6 Å². The number of rotatable bonds is 9. The van der Waals surface area contributed by atoms with Gasteiger partial charge < -0.3 is 14.7 Å². The van der Waals surface area contributed by atoms with Gasteiger partial charge in [0.05, 0.1) is 7.11 Å². The Morgan fingerprint density at radius 1 is 1.08 bits per heavy atom. The van der Waals surface area contributed by atoms with E-state index in [0.717, 1.165) is 24.4 Å². The minimum atomic E-state index is -0.351. The molecule has 36 heavy (non-hydrogen) atoms. The van der Waals surface area contributed by atoms with Gasteiger partial charge in [-0.2, -0.15) is 0 Å². The number of halogens is 1. The van der Waals surface area contributed by atoms with Crippen molar-refractivity contribution in [2.75, 3.05) is 33.3 Å². The van der Waals surface area contributed by atoms with Crippen LogP contribution in [0.5, 0.6) is 11.5 Å². The molecule has 2 atom stereocenters. The van der Waals surface area contributed by atoms with Crippen LogP contribution in [0.4, 0.5) is 4.39 Å². The lowest BCUT2D eigenvalue weighted by Gasteiger charge is -2.30. The predicted molar refractivity (Wildman–Crippen MR) is 140 cm³/mol. The molecule has 1 fully saturated rings. The monoisotopic (exact) mass is 490 g/mol. The van der Waals surface area contributed by atoms with Crippen molar-refractivity contribution < 1.29 is 19.0 Å². The summed E-state index contributed by atoms with van der Waals surface area (Å²) in [5, 5.41) is 10.3. The Morgan fingerprint density at radius 2 is 1.83 bits per heavy atom. The summed E-state index contributed by atoms with van der Waals surface area (Å²) in [5.41, 5.74) is 2.57. The molecule has 0 unspecified atom stereocenters. The van der Waals surface area contributed by atoms with E-state index in [4.69, 9.17) is 4.74 Å². The summed E-state index contributed by atoms with van der Waals surface area (Å²) in [4.78, 5) is 17.7. The Balaban J connectivity index is 1.61. The van der Waals surface area contributed by atoms with Gasteiger partial charge in [-0.05, 0) is 59.9 Å². The normalized spacial score (nSPS) is 17.9. The fourth-order valence-electron chi connectivity index (χ4n) is 5.15. The smallest absolute Gasteiger partial charge is 0.253 e. The quantitative estimate of drug-likeness (QED) is 0.427. The molecule has 0 aromatic heterocycles. The van der Waals surface area contributed by atoms with Gasteiger partial charge in [-0.15, -0.1) is 0 Å². The van der Waals surface area contributed by atoms with E-state index in [0.29, 0.717) is 36.9 Å². The Kier molecular flexibility index (Phi) is 8.26. The maximum atomic E-state index is 13.5. The first-order valence-corrected chi connectivity index (χ1v) is 12.5. The molecule has 190 valence electrons. The van der Waals surface area contributed by atoms with Gasteiger partial charge in [0.25, 0.3) is 5.91 Å². The van der Waals surface area contributed by atoms with E-state index < -0.39 is 0 Å². The number of phenolic OH excluding ortho intramolecular Hbond substituents is 1. The fraction of sp³-hybridized carbons (Fsp3) is 0.367. The van der Waals surface area contributed by atoms with Crippen LogP contribution < -0.4 is 4.74 Å². The molecule has 1 aliphatic rings. The Labute approximate surface area is 213 Å². The number of carbonyl (C=O) groups excluding carboxylic acids is 1. The molecule has 1 N–H and O–H groups in total. The number of nitrogens with zero attached hydrogens (tertiary/aromatic N) is 2. The third kappa shape index (κ3) is 6.24. The van der Waals surface area contributed by atoms with Gasteiger partial charge in [0, 0.05) is 49.8 Å². The number of carbonyl (C=O) groups is 1. The second kappa shape index (κ2) is 11.6. The second-order valence-electron chi connectivity index (χ2n) is 10.1. The standard InChI is InChI=1S/C30H35FN2O3/c1-21(2)16-33(30(35)22-11-13-26(31)14-12-22)19-25-18-32(17-24-7-4-5-10-29(24)34)20-28(25)23-8-6-9-27(15-23)36-3/h4-15,21,25,28,34H,16-20H2,1-3H3/t25-,28-/m0/s1. The summed E-state index contributed by atoms with van der Waals surface area (Å²) in [7, 11) is 1.67. The van der Waals surface area contributed by atoms with Crippen LogP contribution in [0, 0.1) is 17.7 Å². The third-order valence-electron chi connectivity index (χ3n) is 6.84. The van der Waals surface area contributed by atoms with Gasteiger partial charge in [0.2, 0.25) is 0 Å². The molecule has 0 bridgehead atoms. The topological polar surface area (TPSA) is 53.0 Å². The fourth-order valence-corrected chi connectivity index (χ4v) is 5.15. The third-order valence-corrected chi connectivity index (χ3v) is 6.84. The number of benzene rings is 3.